The molecule has 0 saturated carbocycles. The molecule has 4 nitrogen and oxygen atoms in total. The monoisotopic (exact) mass is 421 g/mol. The predicted molar refractivity (Wildman–Crippen MR) is 121 cm³/mol. The Bertz CT molecular complexity index is 1080. The van der Waals surface area contributed by atoms with Crippen LogP contribution >= 0.6 is 11.6 Å². The van der Waals surface area contributed by atoms with Crippen LogP contribution in [0.5, 0.6) is 5.75 Å². The van der Waals surface area contributed by atoms with Gasteiger partial charge in [0.05, 0.1) is 12.3 Å². The van der Waals surface area contributed by atoms with Gasteiger partial charge in [0.2, 0.25) is 0 Å². The molecule has 0 amide bonds. The second kappa shape index (κ2) is 10.1. The van der Waals surface area contributed by atoms with Crippen molar-refractivity contribution in [1.29, 1.82) is 0 Å². The topological polar surface area (TPSA) is 48.4 Å². The summed E-state index contributed by atoms with van der Waals surface area (Å²) >= 11 is 6.31. The van der Waals surface area contributed by atoms with E-state index in [-0.39, 0.29) is 5.69 Å². The summed E-state index contributed by atoms with van der Waals surface area (Å²) in [5, 5.41) is 0.614. The molecule has 0 unspecified atom stereocenters. The van der Waals surface area contributed by atoms with Gasteiger partial charge < -0.3 is 9.47 Å². The van der Waals surface area contributed by atoms with Crippen molar-refractivity contribution in [2.75, 3.05) is 13.2 Å². The van der Waals surface area contributed by atoms with Gasteiger partial charge in [-0.05, 0) is 62.2 Å². The Morgan fingerprint density at radius 2 is 1.80 bits per heavy atom. The largest absolute Gasteiger partial charge is 0.489 e. The van der Waals surface area contributed by atoms with Gasteiger partial charge >= 0.3 is 5.97 Å². The van der Waals surface area contributed by atoms with E-state index in [1.54, 1.807) is 19.1 Å². The van der Waals surface area contributed by atoms with Gasteiger partial charge in [0.1, 0.15) is 18.1 Å². The number of pyridine rings is 1. The van der Waals surface area contributed by atoms with Crippen LogP contribution in [0.1, 0.15) is 31.3 Å². The number of nitrogens with zero attached hydrogens (tertiary/aromatic N) is 1. The Kier molecular flexibility index (Phi) is 7.26. The molecular formula is C25H24ClNO3. The van der Waals surface area contributed by atoms with Gasteiger partial charge in [-0.2, -0.15) is 0 Å². The predicted octanol–water partition coefficient (Wildman–Crippen LogP) is 6.59. The van der Waals surface area contributed by atoms with Gasteiger partial charge in [-0.3, -0.25) is 0 Å². The van der Waals surface area contributed by atoms with Crippen molar-refractivity contribution < 1.29 is 14.3 Å². The molecule has 0 N–H and O–H groups in total. The molecule has 0 aliphatic rings. The van der Waals surface area contributed by atoms with Crippen LogP contribution in [0, 0.1) is 0 Å². The zero-order chi connectivity index (χ0) is 21.5. The van der Waals surface area contributed by atoms with Gasteiger partial charge in [0.15, 0.2) is 0 Å². The van der Waals surface area contributed by atoms with Gasteiger partial charge in [0.25, 0.3) is 0 Å². The summed E-state index contributed by atoms with van der Waals surface area (Å²) in [4.78, 5) is 16.7. The summed E-state index contributed by atoms with van der Waals surface area (Å²) in [6, 6.07) is 18.8. The van der Waals surface area contributed by atoms with Gasteiger partial charge in [-0.1, -0.05) is 48.0 Å². The normalized spacial score (nSPS) is 11.3. The van der Waals surface area contributed by atoms with E-state index in [1.165, 1.54) is 0 Å². The molecule has 0 aliphatic carbocycles. The third kappa shape index (κ3) is 5.08. The van der Waals surface area contributed by atoms with Crippen molar-refractivity contribution in [2.45, 2.75) is 20.8 Å². The first-order chi connectivity index (χ1) is 14.5. The number of hydrogen-bond acceptors (Lipinski definition) is 4. The molecule has 1 aromatic heterocycles. The van der Waals surface area contributed by atoms with Crippen molar-refractivity contribution >= 4 is 17.6 Å². The Hall–Kier alpha value is -3.11. The Labute approximate surface area is 182 Å². The third-order valence-electron chi connectivity index (χ3n) is 4.62. The molecule has 2 aromatic carbocycles. The van der Waals surface area contributed by atoms with E-state index in [2.05, 4.69) is 4.98 Å². The van der Waals surface area contributed by atoms with E-state index < -0.39 is 5.97 Å². The summed E-state index contributed by atoms with van der Waals surface area (Å²) in [6.45, 7) is 6.57. The van der Waals surface area contributed by atoms with E-state index in [0.717, 1.165) is 28.0 Å². The highest BCUT2D eigenvalue weighted by Gasteiger charge is 2.16. The van der Waals surface area contributed by atoms with Crippen LogP contribution in [0.3, 0.4) is 0 Å². The van der Waals surface area contributed by atoms with Crippen LogP contribution in [0.2, 0.25) is 5.02 Å². The average Bonchev–Trinajstić information content (AvgIpc) is 2.78. The number of aromatic nitrogens is 1. The molecule has 0 spiro atoms. The molecule has 0 radical (unpaired) electrons. The summed E-state index contributed by atoms with van der Waals surface area (Å²) in [7, 11) is 0. The van der Waals surface area contributed by atoms with E-state index in [4.69, 9.17) is 21.1 Å². The van der Waals surface area contributed by atoms with Crippen molar-refractivity contribution in [2.24, 2.45) is 0 Å². The summed E-state index contributed by atoms with van der Waals surface area (Å²) in [6.07, 6.45) is 2.02. The highest BCUT2D eigenvalue weighted by molar-refractivity contribution is 6.31. The SMILES string of the molecule is C/C=C(\C)COc1ccc(Cl)cc1-c1ccccc1-c1cccc(C(=O)OCC)n1. The van der Waals surface area contributed by atoms with E-state index in [1.807, 2.05) is 68.5 Å². The number of halogens is 1. The summed E-state index contributed by atoms with van der Waals surface area (Å²) in [5.74, 6) is 0.292. The second-order valence-corrected chi connectivity index (χ2v) is 7.17. The molecule has 0 saturated heterocycles. The Morgan fingerprint density at radius 1 is 1.03 bits per heavy atom. The quantitative estimate of drug-likeness (QED) is 0.319. The van der Waals surface area contributed by atoms with Crippen molar-refractivity contribution in [3.8, 4) is 28.1 Å². The van der Waals surface area contributed by atoms with Crippen LogP contribution in [0.15, 0.2) is 72.3 Å². The van der Waals surface area contributed by atoms with Crippen LogP contribution in [-0.2, 0) is 4.74 Å². The van der Waals surface area contributed by atoms with E-state index in [0.29, 0.717) is 23.9 Å². The maximum absolute atomic E-state index is 12.1. The summed E-state index contributed by atoms with van der Waals surface area (Å²) in [5.41, 5.74) is 4.74. The standard InChI is InChI=1S/C25H24ClNO3/c1-4-17(3)16-30-24-14-13-18(26)15-21(24)19-9-6-7-10-20(19)22-11-8-12-23(27-22)25(28)29-5-2/h4,6-15H,5,16H2,1-3H3/b17-4+. The molecule has 5 heteroatoms. The van der Waals surface area contributed by atoms with Gasteiger partial charge in [-0.15, -0.1) is 0 Å². The fourth-order valence-corrected chi connectivity index (χ4v) is 3.13. The first kappa shape index (κ1) is 21.6. The first-order valence-electron chi connectivity index (χ1n) is 9.81. The summed E-state index contributed by atoms with van der Waals surface area (Å²) < 4.78 is 11.2. The molecule has 3 rings (SSSR count). The lowest BCUT2D eigenvalue weighted by Gasteiger charge is -2.16. The molecule has 30 heavy (non-hydrogen) atoms. The van der Waals surface area contributed by atoms with Crippen molar-refractivity contribution in [3.05, 3.63) is 83.0 Å². The number of esters is 1. The van der Waals surface area contributed by atoms with Gasteiger partial charge in [0, 0.05) is 16.1 Å². The number of hydrogen-bond donors (Lipinski definition) is 0. The Morgan fingerprint density at radius 3 is 2.53 bits per heavy atom. The highest BCUT2D eigenvalue weighted by Crippen LogP contribution is 2.38. The lowest BCUT2D eigenvalue weighted by molar-refractivity contribution is 0.0519. The van der Waals surface area contributed by atoms with Crippen molar-refractivity contribution in [3.63, 3.8) is 0 Å². The van der Waals surface area contributed by atoms with Crippen molar-refractivity contribution in [1.82, 2.24) is 4.98 Å². The third-order valence-corrected chi connectivity index (χ3v) is 4.85. The smallest absolute Gasteiger partial charge is 0.356 e. The molecular weight excluding hydrogens is 398 g/mol. The molecule has 3 aromatic rings. The zero-order valence-electron chi connectivity index (χ0n) is 17.3. The molecule has 1 heterocycles. The molecule has 0 bridgehead atoms. The van der Waals surface area contributed by atoms with Gasteiger partial charge in [-0.25, -0.2) is 9.78 Å². The number of rotatable bonds is 7. The zero-order valence-corrected chi connectivity index (χ0v) is 18.1. The maximum Gasteiger partial charge on any atom is 0.356 e. The minimum atomic E-state index is -0.439. The minimum Gasteiger partial charge on any atom is -0.489 e. The molecule has 0 atom stereocenters. The average molecular weight is 422 g/mol. The molecule has 0 aliphatic heterocycles. The minimum absolute atomic E-state index is 0.274. The lowest BCUT2D eigenvalue weighted by Crippen LogP contribution is -2.07. The number of carbonyl (C=O) groups excluding carboxylic acids is 1. The maximum atomic E-state index is 12.1. The fraction of sp³-hybridized carbons (Fsp3) is 0.200. The molecule has 154 valence electrons. The van der Waals surface area contributed by atoms with E-state index >= 15 is 0 Å². The number of benzene rings is 2. The van der Waals surface area contributed by atoms with Crippen LogP contribution in [0.4, 0.5) is 0 Å². The first-order valence-corrected chi connectivity index (χ1v) is 10.2. The van der Waals surface area contributed by atoms with E-state index in [9.17, 15) is 4.79 Å². The number of carbonyl (C=O) groups is 1. The number of allylic oxidation sites excluding steroid dienone is 1. The van der Waals surface area contributed by atoms with Crippen LogP contribution in [-0.4, -0.2) is 24.2 Å². The van der Waals surface area contributed by atoms with Crippen LogP contribution < -0.4 is 4.74 Å². The highest BCUT2D eigenvalue weighted by atomic mass is 35.5. The van der Waals surface area contributed by atoms with Crippen LogP contribution in [0.25, 0.3) is 22.4 Å². The molecule has 0 fully saturated rings. The lowest BCUT2D eigenvalue weighted by atomic mass is 9.96. The fourth-order valence-electron chi connectivity index (χ4n) is 2.96. The number of ether oxygens (including phenoxy) is 2. The second-order valence-electron chi connectivity index (χ2n) is 6.74. The Balaban J connectivity index is 2.08.